The van der Waals surface area contributed by atoms with Gasteiger partial charge >= 0.3 is 0 Å². The van der Waals surface area contributed by atoms with E-state index in [4.69, 9.17) is 0 Å². The van der Waals surface area contributed by atoms with Crippen molar-refractivity contribution in [2.75, 3.05) is 31.5 Å². The highest BCUT2D eigenvalue weighted by atomic mass is 16.2. The molecule has 1 fully saturated rings. The number of hydrogen-bond acceptors (Lipinski definition) is 3. The molecule has 1 aromatic rings. The zero-order chi connectivity index (χ0) is 16.4. The summed E-state index contributed by atoms with van der Waals surface area (Å²) in [6, 6.07) is 6.06. The van der Waals surface area contributed by atoms with Gasteiger partial charge < -0.3 is 10.2 Å². The number of fused-ring (bicyclic) bond motifs is 1. The first-order chi connectivity index (χ1) is 11.0. The number of carbonyl (C=O) groups excluding carboxylic acids is 2. The number of piperazine rings is 1. The van der Waals surface area contributed by atoms with E-state index in [1.165, 1.54) is 17.5 Å². The van der Waals surface area contributed by atoms with Gasteiger partial charge in [0, 0.05) is 38.8 Å². The molecule has 0 saturated carbocycles. The first kappa shape index (κ1) is 16.0. The van der Waals surface area contributed by atoms with E-state index >= 15 is 0 Å². The van der Waals surface area contributed by atoms with Gasteiger partial charge in [-0.15, -0.1) is 0 Å². The minimum absolute atomic E-state index is 0.0271. The first-order valence-electron chi connectivity index (χ1n) is 8.47. The standard InChI is InChI=1S/C18H25N3O2/c1-13(20-8-10-21(11-9-20)14(2)22)18(23)19-17-7-6-15-4-3-5-16(15)12-17/h6-7,12-13H,3-5,8-11H2,1-2H3,(H,19,23). The second kappa shape index (κ2) is 6.71. The van der Waals surface area contributed by atoms with Gasteiger partial charge in [0.05, 0.1) is 6.04 Å². The normalized spacial score (nSPS) is 19.3. The number of carbonyl (C=O) groups is 2. The van der Waals surface area contributed by atoms with Crippen LogP contribution in [0.25, 0.3) is 0 Å². The molecule has 1 unspecified atom stereocenters. The summed E-state index contributed by atoms with van der Waals surface area (Å²) in [6.45, 7) is 6.43. The highest BCUT2D eigenvalue weighted by Crippen LogP contribution is 2.25. The van der Waals surface area contributed by atoms with Crippen molar-refractivity contribution in [3.05, 3.63) is 29.3 Å². The molecule has 1 atom stereocenters. The summed E-state index contributed by atoms with van der Waals surface area (Å²) < 4.78 is 0. The van der Waals surface area contributed by atoms with Crippen LogP contribution in [0.4, 0.5) is 5.69 Å². The Morgan fingerprint density at radius 3 is 2.48 bits per heavy atom. The number of anilines is 1. The Balaban J connectivity index is 1.57. The van der Waals surface area contributed by atoms with Crippen molar-refractivity contribution in [3.63, 3.8) is 0 Å². The van der Waals surface area contributed by atoms with Crippen molar-refractivity contribution in [3.8, 4) is 0 Å². The average Bonchev–Trinajstić information content (AvgIpc) is 3.01. The van der Waals surface area contributed by atoms with Crippen molar-refractivity contribution < 1.29 is 9.59 Å². The number of rotatable bonds is 3. The molecule has 2 amide bonds. The van der Waals surface area contributed by atoms with Gasteiger partial charge in [-0.2, -0.15) is 0 Å². The summed E-state index contributed by atoms with van der Waals surface area (Å²) in [4.78, 5) is 27.8. The Hall–Kier alpha value is -1.88. The molecule has 23 heavy (non-hydrogen) atoms. The maximum Gasteiger partial charge on any atom is 0.241 e. The van der Waals surface area contributed by atoms with Crippen LogP contribution in [0.3, 0.4) is 0 Å². The zero-order valence-electron chi connectivity index (χ0n) is 14.0. The molecule has 1 aliphatic carbocycles. The fraction of sp³-hybridized carbons (Fsp3) is 0.556. The topological polar surface area (TPSA) is 52.7 Å². The molecule has 0 radical (unpaired) electrons. The molecule has 0 bridgehead atoms. The fourth-order valence-electron chi connectivity index (χ4n) is 3.49. The number of nitrogens with one attached hydrogen (secondary N) is 1. The van der Waals surface area contributed by atoms with Crippen LogP contribution in [-0.4, -0.2) is 53.8 Å². The van der Waals surface area contributed by atoms with E-state index < -0.39 is 0 Å². The number of benzene rings is 1. The molecular formula is C18H25N3O2. The van der Waals surface area contributed by atoms with Crippen molar-refractivity contribution in [1.82, 2.24) is 9.80 Å². The van der Waals surface area contributed by atoms with Crippen LogP contribution in [-0.2, 0) is 22.4 Å². The first-order valence-corrected chi connectivity index (χ1v) is 8.47. The van der Waals surface area contributed by atoms with E-state index in [2.05, 4.69) is 22.3 Å². The van der Waals surface area contributed by atoms with Gasteiger partial charge in [-0.05, 0) is 49.4 Å². The molecule has 1 saturated heterocycles. The molecule has 0 aromatic heterocycles. The van der Waals surface area contributed by atoms with E-state index in [9.17, 15) is 9.59 Å². The Morgan fingerprint density at radius 2 is 1.78 bits per heavy atom. The molecule has 1 N–H and O–H groups in total. The number of aryl methyl sites for hydroxylation is 2. The van der Waals surface area contributed by atoms with Crippen LogP contribution >= 0.6 is 0 Å². The molecule has 5 heteroatoms. The summed E-state index contributed by atoms with van der Waals surface area (Å²) in [6.07, 6.45) is 3.48. The number of amides is 2. The van der Waals surface area contributed by atoms with E-state index in [1.54, 1.807) is 6.92 Å². The second-order valence-electron chi connectivity index (χ2n) is 6.54. The predicted molar refractivity (Wildman–Crippen MR) is 90.4 cm³/mol. The minimum Gasteiger partial charge on any atom is -0.340 e. The fourth-order valence-corrected chi connectivity index (χ4v) is 3.49. The quantitative estimate of drug-likeness (QED) is 0.923. The largest absolute Gasteiger partial charge is 0.340 e. The van der Waals surface area contributed by atoms with Crippen LogP contribution in [0.1, 0.15) is 31.4 Å². The summed E-state index contributed by atoms with van der Waals surface area (Å²) in [5, 5.41) is 3.04. The van der Waals surface area contributed by atoms with Gasteiger partial charge in [-0.1, -0.05) is 6.07 Å². The predicted octanol–water partition coefficient (Wildman–Crippen LogP) is 1.67. The van der Waals surface area contributed by atoms with Crippen LogP contribution in [0.2, 0.25) is 0 Å². The van der Waals surface area contributed by atoms with E-state index in [0.717, 1.165) is 31.6 Å². The van der Waals surface area contributed by atoms with E-state index in [1.807, 2.05) is 17.9 Å². The van der Waals surface area contributed by atoms with Gasteiger partial charge in [0.15, 0.2) is 0 Å². The lowest BCUT2D eigenvalue weighted by Gasteiger charge is -2.37. The number of nitrogens with zero attached hydrogens (tertiary/aromatic N) is 2. The summed E-state index contributed by atoms with van der Waals surface area (Å²) >= 11 is 0. The molecule has 1 aromatic carbocycles. The summed E-state index contributed by atoms with van der Waals surface area (Å²) in [5.41, 5.74) is 3.67. The molecule has 1 heterocycles. The molecule has 5 nitrogen and oxygen atoms in total. The van der Waals surface area contributed by atoms with Crippen molar-refractivity contribution >= 4 is 17.5 Å². The van der Waals surface area contributed by atoms with Crippen LogP contribution in [0.15, 0.2) is 18.2 Å². The third-order valence-electron chi connectivity index (χ3n) is 5.05. The van der Waals surface area contributed by atoms with Gasteiger partial charge in [-0.25, -0.2) is 0 Å². The molecule has 3 rings (SSSR count). The van der Waals surface area contributed by atoms with Gasteiger partial charge in [0.25, 0.3) is 0 Å². The van der Waals surface area contributed by atoms with Gasteiger partial charge in [0.1, 0.15) is 0 Å². The highest BCUT2D eigenvalue weighted by Gasteiger charge is 2.26. The van der Waals surface area contributed by atoms with E-state index in [0.29, 0.717) is 13.1 Å². The molecule has 0 spiro atoms. The molecule has 2 aliphatic rings. The smallest absolute Gasteiger partial charge is 0.241 e. The van der Waals surface area contributed by atoms with E-state index in [-0.39, 0.29) is 17.9 Å². The Morgan fingerprint density at radius 1 is 1.09 bits per heavy atom. The maximum absolute atomic E-state index is 12.5. The lowest BCUT2D eigenvalue weighted by Crippen LogP contribution is -2.53. The zero-order valence-corrected chi connectivity index (χ0v) is 14.0. The monoisotopic (exact) mass is 315 g/mol. The lowest BCUT2D eigenvalue weighted by molar-refractivity contribution is -0.131. The van der Waals surface area contributed by atoms with Gasteiger partial charge in [0.2, 0.25) is 11.8 Å². The summed E-state index contributed by atoms with van der Waals surface area (Å²) in [5.74, 6) is 0.138. The average molecular weight is 315 g/mol. The van der Waals surface area contributed by atoms with Crippen molar-refractivity contribution in [1.29, 1.82) is 0 Å². The second-order valence-corrected chi connectivity index (χ2v) is 6.54. The van der Waals surface area contributed by atoms with Gasteiger partial charge in [-0.3, -0.25) is 14.5 Å². The van der Waals surface area contributed by atoms with Crippen LogP contribution in [0.5, 0.6) is 0 Å². The molecule has 1 aliphatic heterocycles. The SMILES string of the molecule is CC(=O)N1CCN(C(C)C(=O)Nc2ccc3c(c2)CCC3)CC1. The Labute approximate surface area is 137 Å². The minimum atomic E-state index is -0.183. The molecular weight excluding hydrogens is 290 g/mol. The van der Waals surface area contributed by atoms with Crippen LogP contribution in [0, 0.1) is 0 Å². The third-order valence-corrected chi connectivity index (χ3v) is 5.05. The van der Waals surface area contributed by atoms with Crippen molar-refractivity contribution in [2.24, 2.45) is 0 Å². The third kappa shape index (κ3) is 3.55. The van der Waals surface area contributed by atoms with Crippen LogP contribution < -0.4 is 5.32 Å². The lowest BCUT2D eigenvalue weighted by atomic mass is 10.1. The highest BCUT2D eigenvalue weighted by molar-refractivity contribution is 5.94. The Bertz CT molecular complexity index is 606. The van der Waals surface area contributed by atoms with Crippen molar-refractivity contribution in [2.45, 2.75) is 39.2 Å². The Kier molecular flexibility index (Phi) is 4.66. The number of hydrogen-bond donors (Lipinski definition) is 1. The maximum atomic E-state index is 12.5. The summed E-state index contributed by atoms with van der Waals surface area (Å²) in [7, 11) is 0. The molecule has 124 valence electrons.